The molecular weight excluding hydrogens is 230 g/mol. The van der Waals surface area contributed by atoms with Crippen molar-refractivity contribution in [3.63, 3.8) is 0 Å². The van der Waals surface area contributed by atoms with Crippen molar-refractivity contribution in [1.82, 2.24) is 10.2 Å². The molecule has 1 aliphatic rings. The molecular formula is C13H17N3O2. The van der Waals surface area contributed by atoms with Gasteiger partial charge in [0.25, 0.3) is 0 Å². The highest BCUT2D eigenvalue weighted by Gasteiger charge is 2.22. The third-order valence-corrected chi connectivity index (χ3v) is 3.39. The smallest absolute Gasteiger partial charge is 0.339 e. The summed E-state index contributed by atoms with van der Waals surface area (Å²) in [7, 11) is 0. The van der Waals surface area contributed by atoms with Gasteiger partial charge >= 0.3 is 5.97 Å². The van der Waals surface area contributed by atoms with Crippen LogP contribution in [0.1, 0.15) is 35.0 Å². The van der Waals surface area contributed by atoms with Crippen LogP contribution in [0, 0.1) is 13.8 Å². The van der Waals surface area contributed by atoms with Crippen LogP contribution in [-0.2, 0) is 0 Å². The second-order valence-corrected chi connectivity index (χ2v) is 4.66. The molecule has 18 heavy (non-hydrogen) atoms. The molecule has 0 spiro atoms. The molecule has 0 radical (unpaired) electrons. The van der Waals surface area contributed by atoms with Crippen LogP contribution in [0.15, 0.2) is 11.6 Å². The summed E-state index contributed by atoms with van der Waals surface area (Å²) in [4.78, 5) is 13.4. The van der Waals surface area contributed by atoms with E-state index in [-0.39, 0.29) is 5.56 Å². The number of aryl methyl sites for hydroxylation is 1. The summed E-state index contributed by atoms with van der Waals surface area (Å²) in [6.07, 6.45) is 3.04. The molecule has 0 unspecified atom stereocenters. The topological polar surface area (TPSA) is 66.3 Å². The predicted octanol–water partition coefficient (Wildman–Crippen LogP) is 1.95. The second-order valence-electron chi connectivity index (χ2n) is 4.66. The Labute approximate surface area is 106 Å². The fourth-order valence-corrected chi connectivity index (χ4v) is 2.04. The summed E-state index contributed by atoms with van der Waals surface area (Å²) in [5, 5.41) is 17.5. The van der Waals surface area contributed by atoms with E-state index in [1.54, 1.807) is 13.8 Å². The number of hydrogen-bond acceptors (Lipinski definition) is 4. The molecule has 0 aliphatic carbocycles. The quantitative estimate of drug-likeness (QED) is 0.809. The SMILES string of the molecule is CC1=CCN(c2nnc(C)c(C)c2C(=O)O)CC1. The van der Waals surface area contributed by atoms with Crippen LogP contribution in [0.2, 0.25) is 0 Å². The molecule has 2 heterocycles. The van der Waals surface area contributed by atoms with Crippen molar-refractivity contribution in [1.29, 1.82) is 0 Å². The van der Waals surface area contributed by atoms with Gasteiger partial charge in [0.1, 0.15) is 5.56 Å². The molecule has 1 aromatic heterocycles. The lowest BCUT2D eigenvalue weighted by Crippen LogP contribution is -2.31. The summed E-state index contributed by atoms with van der Waals surface area (Å²) in [5.74, 6) is -0.457. The van der Waals surface area contributed by atoms with E-state index in [1.807, 2.05) is 4.90 Å². The van der Waals surface area contributed by atoms with Crippen molar-refractivity contribution < 1.29 is 9.90 Å². The average molecular weight is 247 g/mol. The van der Waals surface area contributed by atoms with Gasteiger partial charge in [-0.05, 0) is 32.8 Å². The fourth-order valence-electron chi connectivity index (χ4n) is 2.04. The number of aromatic carboxylic acids is 1. The van der Waals surface area contributed by atoms with Gasteiger partial charge in [0.05, 0.1) is 5.69 Å². The number of rotatable bonds is 2. The van der Waals surface area contributed by atoms with Crippen molar-refractivity contribution in [2.75, 3.05) is 18.0 Å². The molecule has 0 bridgehead atoms. The van der Waals surface area contributed by atoms with Crippen molar-refractivity contribution in [3.8, 4) is 0 Å². The zero-order valence-corrected chi connectivity index (χ0v) is 10.9. The van der Waals surface area contributed by atoms with Crippen LogP contribution in [0.3, 0.4) is 0 Å². The van der Waals surface area contributed by atoms with Gasteiger partial charge in [0.15, 0.2) is 5.82 Å². The van der Waals surface area contributed by atoms with Crippen molar-refractivity contribution in [2.24, 2.45) is 0 Å². The summed E-state index contributed by atoms with van der Waals surface area (Å²) in [5.41, 5.74) is 2.97. The number of anilines is 1. The van der Waals surface area contributed by atoms with Crippen molar-refractivity contribution in [2.45, 2.75) is 27.2 Å². The Balaban J connectivity index is 2.45. The van der Waals surface area contributed by atoms with Crippen LogP contribution in [0.4, 0.5) is 5.82 Å². The van der Waals surface area contributed by atoms with Crippen LogP contribution >= 0.6 is 0 Å². The number of aromatic nitrogens is 2. The van der Waals surface area contributed by atoms with E-state index in [9.17, 15) is 9.90 Å². The average Bonchev–Trinajstić information content (AvgIpc) is 2.33. The number of hydrogen-bond donors (Lipinski definition) is 1. The monoisotopic (exact) mass is 247 g/mol. The normalized spacial score (nSPS) is 15.5. The van der Waals surface area contributed by atoms with E-state index in [0.717, 1.165) is 13.0 Å². The molecule has 1 N–H and O–H groups in total. The highest BCUT2D eigenvalue weighted by molar-refractivity contribution is 5.95. The van der Waals surface area contributed by atoms with Gasteiger partial charge in [-0.15, -0.1) is 5.10 Å². The number of carboxylic acid groups (broad SMARTS) is 1. The molecule has 0 aromatic carbocycles. The number of carboxylic acids is 1. The molecule has 0 atom stereocenters. The van der Waals surface area contributed by atoms with E-state index in [4.69, 9.17) is 0 Å². The molecule has 0 amide bonds. The molecule has 1 aromatic rings. The van der Waals surface area contributed by atoms with E-state index in [0.29, 0.717) is 23.6 Å². The Bertz CT molecular complexity index is 523. The number of nitrogens with zero attached hydrogens (tertiary/aromatic N) is 3. The third kappa shape index (κ3) is 2.20. The van der Waals surface area contributed by atoms with Crippen molar-refractivity contribution in [3.05, 3.63) is 28.5 Å². The van der Waals surface area contributed by atoms with Crippen LogP contribution in [0.5, 0.6) is 0 Å². The van der Waals surface area contributed by atoms with Gasteiger partial charge < -0.3 is 10.0 Å². The third-order valence-electron chi connectivity index (χ3n) is 3.39. The zero-order valence-electron chi connectivity index (χ0n) is 10.9. The van der Waals surface area contributed by atoms with Crippen LogP contribution in [0.25, 0.3) is 0 Å². The molecule has 5 nitrogen and oxygen atoms in total. The first-order valence-corrected chi connectivity index (χ1v) is 5.98. The Morgan fingerprint density at radius 1 is 1.33 bits per heavy atom. The molecule has 0 saturated carbocycles. The minimum absolute atomic E-state index is 0.274. The first-order valence-electron chi connectivity index (χ1n) is 5.98. The Morgan fingerprint density at radius 3 is 2.61 bits per heavy atom. The van der Waals surface area contributed by atoms with Crippen LogP contribution < -0.4 is 4.90 Å². The van der Waals surface area contributed by atoms with Crippen LogP contribution in [-0.4, -0.2) is 34.4 Å². The van der Waals surface area contributed by atoms with Crippen molar-refractivity contribution >= 4 is 11.8 Å². The molecule has 96 valence electrons. The Hall–Kier alpha value is -1.91. The maximum atomic E-state index is 11.4. The van der Waals surface area contributed by atoms with Gasteiger partial charge in [-0.2, -0.15) is 5.10 Å². The highest BCUT2D eigenvalue weighted by atomic mass is 16.4. The summed E-state index contributed by atoms with van der Waals surface area (Å²) >= 11 is 0. The van der Waals surface area contributed by atoms with Gasteiger partial charge in [-0.3, -0.25) is 0 Å². The maximum Gasteiger partial charge on any atom is 0.339 e. The highest BCUT2D eigenvalue weighted by Crippen LogP contribution is 2.24. The molecule has 0 fully saturated rings. The predicted molar refractivity (Wildman–Crippen MR) is 69.1 cm³/mol. The van der Waals surface area contributed by atoms with Gasteiger partial charge in [0, 0.05) is 13.1 Å². The van der Waals surface area contributed by atoms with E-state index in [1.165, 1.54) is 5.57 Å². The molecule has 1 aliphatic heterocycles. The largest absolute Gasteiger partial charge is 0.478 e. The Morgan fingerprint density at radius 2 is 2.06 bits per heavy atom. The lowest BCUT2D eigenvalue weighted by Gasteiger charge is -2.27. The first kappa shape index (κ1) is 12.5. The standard InChI is InChI=1S/C13H17N3O2/c1-8-4-6-16(7-5-8)12-11(13(17)18)9(2)10(3)14-15-12/h4H,5-7H2,1-3H3,(H,17,18). The minimum atomic E-state index is -0.938. The number of carbonyl (C=O) groups is 1. The summed E-state index contributed by atoms with van der Waals surface area (Å²) < 4.78 is 0. The summed E-state index contributed by atoms with van der Waals surface area (Å²) in [6.45, 7) is 7.13. The first-order chi connectivity index (χ1) is 8.50. The fraction of sp³-hybridized carbons (Fsp3) is 0.462. The van der Waals surface area contributed by atoms with Gasteiger partial charge in [-0.25, -0.2) is 4.79 Å². The Kier molecular flexibility index (Phi) is 3.32. The van der Waals surface area contributed by atoms with Gasteiger partial charge in [-0.1, -0.05) is 11.6 Å². The van der Waals surface area contributed by atoms with Gasteiger partial charge in [0.2, 0.25) is 0 Å². The summed E-state index contributed by atoms with van der Waals surface area (Å²) in [6, 6.07) is 0. The zero-order chi connectivity index (χ0) is 13.3. The maximum absolute atomic E-state index is 11.4. The van der Waals surface area contributed by atoms with E-state index < -0.39 is 5.97 Å². The molecule has 0 saturated heterocycles. The second kappa shape index (κ2) is 4.76. The lowest BCUT2D eigenvalue weighted by atomic mass is 10.1. The molecule has 2 rings (SSSR count). The lowest BCUT2D eigenvalue weighted by molar-refractivity contribution is 0.0696. The minimum Gasteiger partial charge on any atom is -0.478 e. The van der Waals surface area contributed by atoms with E-state index >= 15 is 0 Å². The molecule has 5 heteroatoms. The van der Waals surface area contributed by atoms with E-state index in [2.05, 4.69) is 23.2 Å².